The van der Waals surface area contributed by atoms with Crippen molar-refractivity contribution in [1.29, 1.82) is 0 Å². The van der Waals surface area contributed by atoms with Gasteiger partial charge >= 0.3 is 6.01 Å². The number of ether oxygens (including phenoxy) is 1. The van der Waals surface area contributed by atoms with Crippen LogP contribution >= 0.6 is 0 Å². The van der Waals surface area contributed by atoms with Gasteiger partial charge in [0.1, 0.15) is 5.82 Å². The molecule has 0 aliphatic rings. The lowest BCUT2D eigenvalue weighted by molar-refractivity contribution is 0.210. The molecule has 1 N–H and O–H groups in total. The summed E-state index contributed by atoms with van der Waals surface area (Å²) in [6.07, 6.45) is 0.510. The summed E-state index contributed by atoms with van der Waals surface area (Å²) in [5.74, 6) is 0.301. The van der Waals surface area contributed by atoms with E-state index in [1.54, 1.807) is 19.2 Å². The first kappa shape index (κ1) is 12.5. The predicted octanol–water partition coefficient (Wildman–Crippen LogP) is 1.86. The maximum absolute atomic E-state index is 12.7. The maximum Gasteiger partial charge on any atom is 0.321 e. The van der Waals surface area contributed by atoms with Crippen LogP contribution in [0.5, 0.6) is 0 Å². The van der Waals surface area contributed by atoms with Gasteiger partial charge in [0.15, 0.2) is 5.82 Å². The molecule has 0 amide bonds. The zero-order chi connectivity index (χ0) is 12.8. The van der Waals surface area contributed by atoms with Crippen molar-refractivity contribution < 1.29 is 13.7 Å². The molecule has 0 fully saturated rings. The number of methoxy groups -OCH3 is 1. The minimum Gasteiger partial charge on any atom is -0.383 e. The first-order valence-corrected chi connectivity index (χ1v) is 5.58. The summed E-state index contributed by atoms with van der Waals surface area (Å²) < 4.78 is 22.6. The van der Waals surface area contributed by atoms with E-state index in [1.807, 2.05) is 0 Å². The van der Waals surface area contributed by atoms with Crippen LogP contribution in [0.3, 0.4) is 0 Å². The molecule has 0 spiro atoms. The van der Waals surface area contributed by atoms with Crippen LogP contribution in [0.4, 0.5) is 10.4 Å². The molecule has 0 saturated heterocycles. The molecule has 1 heterocycles. The van der Waals surface area contributed by atoms with Crippen molar-refractivity contribution in [3.05, 3.63) is 41.5 Å². The number of rotatable bonds is 6. The van der Waals surface area contributed by atoms with Crippen LogP contribution in [-0.4, -0.2) is 30.4 Å². The zero-order valence-electron chi connectivity index (χ0n) is 10.0. The first-order valence-electron chi connectivity index (χ1n) is 5.58. The molecule has 0 radical (unpaired) electrons. The fourth-order valence-corrected chi connectivity index (χ4v) is 1.44. The third-order valence-electron chi connectivity index (χ3n) is 2.33. The minimum atomic E-state index is -0.256. The van der Waals surface area contributed by atoms with Crippen LogP contribution in [0.25, 0.3) is 0 Å². The highest BCUT2D eigenvalue weighted by atomic mass is 19.1. The van der Waals surface area contributed by atoms with E-state index in [4.69, 9.17) is 9.26 Å². The third-order valence-corrected chi connectivity index (χ3v) is 2.33. The predicted molar refractivity (Wildman–Crippen MR) is 63.9 cm³/mol. The molecular formula is C12H14FN3O2. The summed E-state index contributed by atoms with van der Waals surface area (Å²) in [4.78, 5) is 4.16. The summed E-state index contributed by atoms with van der Waals surface area (Å²) in [5, 5.41) is 6.77. The standard InChI is InChI=1S/C12H14FN3O2/c1-17-7-6-14-12-15-11(16-18-12)8-9-2-4-10(13)5-3-9/h2-5H,6-8H2,1H3,(H,14,15,16). The van der Waals surface area contributed by atoms with Crippen molar-refractivity contribution >= 4 is 6.01 Å². The summed E-state index contributed by atoms with van der Waals surface area (Å²) in [6.45, 7) is 1.17. The molecule has 0 saturated carbocycles. The largest absolute Gasteiger partial charge is 0.383 e. The number of nitrogens with zero attached hydrogens (tertiary/aromatic N) is 2. The van der Waals surface area contributed by atoms with Crippen molar-refractivity contribution in [2.24, 2.45) is 0 Å². The Kier molecular flexibility index (Phi) is 4.25. The summed E-state index contributed by atoms with van der Waals surface area (Å²) in [5.41, 5.74) is 0.931. The molecule has 0 atom stereocenters. The monoisotopic (exact) mass is 251 g/mol. The number of anilines is 1. The van der Waals surface area contributed by atoms with Crippen LogP contribution in [0.2, 0.25) is 0 Å². The summed E-state index contributed by atoms with van der Waals surface area (Å²) in [6, 6.07) is 6.58. The van der Waals surface area contributed by atoms with Gasteiger partial charge in [0, 0.05) is 20.1 Å². The third kappa shape index (κ3) is 3.53. The molecule has 5 nitrogen and oxygen atoms in total. The SMILES string of the molecule is COCCNc1nc(Cc2ccc(F)cc2)no1. The summed E-state index contributed by atoms with van der Waals surface area (Å²) >= 11 is 0. The molecule has 1 aromatic carbocycles. The molecule has 96 valence electrons. The highest BCUT2D eigenvalue weighted by molar-refractivity contribution is 5.23. The second-order valence-corrected chi connectivity index (χ2v) is 3.74. The molecule has 2 rings (SSSR count). The Bertz CT molecular complexity index is 484. The van der Waals surface area contributed by atoms with Crippen LogP contribution < -0.4 is 5.32 Å². The fraction of sp³-hybridized carbons (Fsp3) is 0.333. The fourth-order valence-electron chi connectivity index (χ4n) is 1.44. The van der Waals surface area contributed by atoms with Crippen LogP contribution in [-0.2, 0) is 11.2 Å². The normalized spacial score (nSPS) is 10.6. The Balaban J connectivity index is 1.91. The van der Waals surface area contributed by atoms with Gasteiger partial charge in [0.25, 0.3) is 0 Å². The highest BCUT2D eigenvalue weighted by Gasteiger charge is 2.06. The van der Waals surface area contributed by atoms with Gasteiger partial charge < -0.3 is 14.6 Å². The molecule has 0 aliphatic carbocycles. The average Bonchev–Trinajstić information content (AvgIpc) is 2.80. The minimum absolute atomic E-state index is 0.256. The zero-order valence-corrected chi connectivity index (χ0v) is 10.0. The van der Waals surface area contributed by atoms with E-state index in [1.165, 1.54) is 12.1 Å². The molecule has 0 bridgehead atoms. The lowest BCUT2D eigenvalue weighted by Crippen LogP contribution is -2.07. The lowest BCUT2D eigenvalue weighted by atomic mass is 10.1. The number of benzene rings is 1. The number of hydrogen-bond donors (Lipinski definition) is 1. The van der Waals surface area contributed by atoms with E-state index in [-0.39, 0.29) is 5.82 Å². The van der Waals surface area contributed by atoms with Gasteiger partial charge in [-0.3, -0.25) is 0 Å². The van der Waals surface area contributed by atoms with E-state index >= 15 is 0 Å². The highest BCUT2D eigenvalue weighted by Crippen LogP contribution is 2.10. The number of hydrogen-bond acceptors (Lipinski definition) is 5. The van der Waals surface area contributed by atoms with E-state index in [9.17, 15) is 4.39 Å². The van der Waals surface area contributed by atoms with Crippen LogP contribution in [0.15, 0.2) is 28.8 Å². The Morgan fingerprint density at radius 2 is 2.11 bits per heavy atom. The summed E-state index contributed by atoms with van der Waals surface area (Å²) in [7, 11) is 1.62. The molecule has 6 heteroatoms. The van der Waals surface area contributed by atoms with E-state index in [0.717, 1.165) is 5.56 Å². The van der Waals surface area contributed by atoms with Gasteiger partial charge in [0.2, 0.25) is 0 Å². The number of halogens is 1. The average molecular weight is 251 g/mol. The maximum atomic E-state index is 12.7. The Morgan fingerprint density at radius 1 is 1.33 bits per heavy atom. The molecule has 1 aromatic heterocycles. The van der Waals surface area contributed by atoms with Crippen LogP contribution in [0, 0.1) is 5.82 Å². The van der Waals surface area contributed by atoms with Gasteiger partial charge in [-0.05, 0) is 17.7 Å². The second kappa shape index (κ2) is 6.11. The van der Waals surface area contributed by atoms with Gasteiger partial charge in [-0.15, -0.1) is 0 Å². The van der Waals surface area contributed by atoms with E-state index in [0.29, 0.717) is 31.4 Å². The van der Waals surface area contributed by atoms with E-state index in [2.05, 4.69) is 15.5 Å². The Morgan fingerprint density at radius 3 is 2.83 bits per heavy atom. The van der Waals surface area contributed by atoms with Gasteiger partial charge in [0.05, 0.1) is 6.61 Å². The smallest absolute Gasteiger partial charge is 0.321 e. The Labute approximate surface area is 104 Å². The van der Waals surface area contributed by atoms with Gasteiger partial charge in [-0.25, -0.2) is 4.39 Å². The molecule has 0 aliphatic heterocycles. The molecule has 2 aromatic rings. The van der Waals surface area contributed by atoms with Crippen molar-refractivity contribution in [1.82, 2.24) is 10.1 Å². The molecule has 0 unspecified atom stereocenters. The molecular weight excluding hydrogens is 237 g/mol. The van der Waals surface area contributed by atoms with Crippen molar-refractivity contribution in [2.45, 2.75) is 6.42 Å². The Hall–Kier alpha value is -1.95. The van der Waals surface area contributed by atoms with Crippen molar-refractivity contribution in [3.63, 3.8) is 0 Å². The first-order chi connectivity index (χ1) is 8.78. The lowest BCUT2D eigenvalue weighted by Gasteiger charge is -1.97. The van der Waals surface area contributed by atoms with Gasteiger partial charge in [-0.2, -0.15) is 4.98 Å². The van der Waals surface area contributed by atoms with Crippen molar-refractivity contribution in [2.75, 3.05) is 25.6 Å². The quantitative estimate of drug-likeness (QED) is 0.794. The van der Waals surface area contributed by atoms with Crippen LogP contribution in [0.1, 0.15) is 11.4 Å². The van der Waals surface area contributed by atoms with E-state index < -0.39 is 0 Å². The molecule has 18 heavy (non-hydrogen) atoms. The topological polar surface area (TPSA) is 60.2 Å². The van der Waals surface area contributed by atoms with Crippen molar-refractivity contribution in [3.8, 4) is 0 Å². The van der Waals surface area contributed by atoms with Gasteiger partial charge in [-0.1, -0.05) is 17.3 Å². The number of aromatic nitrogens is 2. The number of nitrogens with one attached hydrogen (secondary N) is 1. The second-order valence-electron chi connectivity index (χ2n) is 3.74.